The second-order valence-electron chi connectivity index (χ2n) is 9.53. The van der Waals surface area contributed by atoms with Crippen LogP contribution in [-0.4, -0.2) is 38.9 Å². The largest absolute Gasteiger partial charge is 0.462 e. The molecule has 2 fully saturated rings. The van der Waals surface area contributed by atoms with E-state index in [1.54, 1.807) is 12.1 Å². The number of ether oxygens (including phenoxy) is 1. The zero-order valence-electron chi connectivity index (χ0n) is 18.1. The smallest absolute Gasteiger partial charge is 0.308 e. The summed E-state index contributed by atoms with van der Waals surface area (Å²) in [6, 6.07) is 5.14. The van der Waals surface area contributed by atoms with Gasteiger partial charge in [-0.15, -0.1) is 23.5 Å². The van der Waals surface area contributed by atoms with Crippen molar-refractivity contribution in [3.63, 3.8) is 0 Å². The van der Waals surface area contributed by atoms with Crippen molar-refractivity contribution in [2.45, 2.75) is 75.1 Å². The minimum absolute atomic E-state index is 0.0572. The highest BCUT2D eigenvalue weighted by Gasteiger charge is 2.46. The van der Waals surface area contributed by atoms with E-state index in [9.17, 15) is 14.3 Å². The SMILES string of the molecule is CC1(C)CC2(CC(c3ccc(Cl)c(F)c3)=C1CCC1CC(O)CC(=O)O1)SCCCS2. The number of aliphatic hydroxyl groups is 1. The molecule has 2 atom stereocenters. The lowest BCUT2D eigenvalue weighted by atomic mass is 9.68. The molecule has 2 unspecified atom stereocenters. The Balaban J connectivity index is 1.68. The predicted molar refractivity (Wildman–Crippen MR) is 128 cm³/mol. The van der Waals surface area contributed by atoms with Crippen molar-refractivity contribution >= 4 is 46.7 Å². The Hall–Kier alpha value is -0.690. The van der Waals surface area contributed by atoms with E-state index in [-0.39, 0.29) is 33.0 Å². The third-order valence-electron chi connectivity index (χ3n) is 6.58. The molecule has 0 bridgehead atoms. The molecular formula is C24H30ClFO3S2. The molecule has 0 amide bonds. The van der Waals surface area contributed by atoms with Crippen LogP contribution in [0.4, 0.5) is 4.39 Å². The van der Waals surface area contributed by atoms with Gasteiger partial charge in [0.2, 0.25) is 0 Å². The minimum Gasteiger partial charge on any atom is -0.462 e. The van der Waals surface area contributed by atoms with Crippen LogP contribution in [0.5, 0.6) is 0 Å². The molecule has 1 aromatic rings. The van der Waals surface area contributed by atoms with Crippen LogP contribution in [-0.2, 0) is 9.53 Å². The number of rotatable bonds is 4. The van der Waals surface area contributed by atoms with Crippen molar-refractivity contribution in [2.75, 3.05) is 11.5 Å². The van der Waals surface area contributed by atoms with Gasteiger partial charge in [0, 0.05) is 6.42 Å². The first-order valence-corrected chi connectivity index (χ1v) is 13.4. The van der Waals surface area contributed by atoms with Gasteiger partial charge in [0.25, 0.3) is 0 Å². The summed E-state index contributed by atoms with van der Waals surface area (Å²) in [6.45, 7) is 4.57. The molecule has 170 valence electrons. The number of benzene rings is 1. The van der Waals surface area contributed by atoms with Gasteiger partial charge in [0.15, 0.2) is 0 Å². The lowest BCUT2D eigenvalue weighted by Gasteiger charge is -2.48. The molecule has 2 heterocycles. The number of carbonyl (C=O) groups is 1. The number of halogens is 2. The number of hydrogen-bond acceptors (Lipinski definition) is 5. The predicted octanol–water partition coefficient (Wildman–Crippen LogP) is 6.47. The van der Waals surface area contributed by atoms with E-state index in [0.717, 1.165) is 36.3 Å². The third-order valence-corrected chi connectivity index (χ3v) is 10.2. The second kappa shape index (κ2) is 9.28. The Bertz CT molecular complexity index is 880. The fourth-order valence-corrected chi connectivity index (χ4v) is 9.11. The average molecular weight is 485 g/mol. The Kier molecular flexibility index (Phi) is 7.03. The Morgan fingerprint density at radius 3 is 2.71 bits per heavy atom. The van der Waals surface area contributed by atoms with Crippen molar-refractivity contribution in [3.05, 3.63) is 40.2 Å². The first kappa shape index (κ1) is 23.5. The minimum atomic E-state index is -0.622. The Morgan fingerprint density at radius 1 is 1.29 bits per heavy atom. The molecular weight excluding hydrogens is 455 g/mol. The summed E-state index contributed by atoms with van der Waals surface area (Å²) >= 11 is 10.1. The molecule has 0 radical (unpaired) electrons. The zero-order valence-corrected chi connectivity index (χ0v) is 20.5. The fraction of sp³-hybridized carbons (Fsp3) is 0.625. The van der Waals surface area contributed by atoms with Crippen molar-refractivity contribution in [1.82, 2.24) is 0 Å². The molecule has 1 N–H and O–H groups in total. The first-order chi connectivity index (χ1) is 14.7. The van der Waals surface area contributed by atoms with Gasteiger partial charge < -0.3 is 9.84 Å². The average Bonchev–Trinajstić information content (AvgIpc) is 2.68. The number of hydrogen-bond donors (Lipinski definition) is 1. The van der Waals surface area contributed by atoms with E-state index < -0.39 is 11.9 Å². The maximum Gasteiger partial charge on any atom is 0.308 e. The number of allylic oxidation sites excluding steroid dienone is 2. The molecule has 0 saturated carbocycles. The standard InChI is InChI=1S/C24H30ClFO3S2/c1-23(2)14-24(30-8-3-9-31-24)13-18(15-4-7-20(25)21(26)10-15)19(23)6-5-17-11-16(27)12-22(28)29-17/h4,7,10,16-17,27H,3,5-6,8-9,11-14H2,1-2H3. The molecule has 4 rings (SSSR count). The van der Waals surface area contributed by atoms with E-state index in [1.165, 1.54) is 17.6 Å². The van der Waals surface area contributed by atoms with Crippen LogP contribution < -0.4 is 0 Å². The molecule has 2 saturated heterocycles. The van der Waals surface area contributed by atoms with Crippen LogP contribution in [0.25, 0.3) is 5.57 Å². The van der Waals surface area contributed by atoms with Crippen LogP contribution >= 0.6 is 35.1 Å². The molecule has 1 aromatic carbocycles. The monoisotopic (exact) mass is 484 g/mol. The highest BCUT2D eigenvalue weighted by molar-refractivity contribution is 8.18. The van der Waals surface area contributed by atoms with Gasteiger partial charge in [0.05, 0.1) is 21.6 Å². The quantitative estimate of drug-likeness (QED) is 0.496. The molecule has 3 aliphatic rings. The fourth-order valence-electron chi connectivity index (χ4n) is 5.24. The molecule has 7 heteroatoms. The molecule has 0 aromatic heterocycles. The van der Waals surface area contributed by atoms with Gasteiger partial charge in [-0.25, -0.2) is 4.39 Å². The summed E-state index contributed by atoms with van der Waals surface area (Å²) in [7, 11) is 0. The zero-order chi connectivity index (χ0) is 22.2. The summed E-state index contributed by atoms with van der Waals surface area (Å²) in [6.07, 6.45) is 4.31. The van der Waals surface area contributed by atoms with Gasteiger partial charge in [-0.3, -0.25) is 4.79 Å². The number of aliphatic hydroxyl groups excluding tert-OH is 1. The Morgan fingerprint density at radius 2 is 2.03 bits per heavy atom. The van der Waals surface area contributed by atoms with Gasteiger partial charge in [-0.05, 0) is 72.3 Å². The number of cyclic esters (lactones) is 1. The summed E-state index contributed by atoms with van der Waals surface area (Å²) in [5, 5.41) is 10.1. The highest BCUT2D eigenvalue weighted by Crippen LogP contribution is 2.60. The van der Waals surface area contributed by atoms with Gasteiger partial charge >= 0.3 is 5.97 Å². The molecule has 1 aliphatic carbocycles. The second-order valence-corrected chi connectivity index (χ2v) is 13.2. The van der Waals surface area contributed by atoms with Crippen LogP contribution in [0.3, 0.4) is 0 Å². The Labute approximate surface area is 197 Å². The highest BCUT2D eigenvalue weighted by atomic mass is 35.5. The van der Waals surface area contributed by atoms with E-state index in [2.05, 4.69) is 13.8 Å². The van der Waals surface area contributed by atoms with Crippen molar-refractivity contribution in [2.24, 2.45) is 5.41 Å². The van der Waals surface area contributed by atoms with Gasteiger partial charge in [-0.2, -0.15) is 0 Å². The van der Waals surface area contributed by atoms with Crippen LogP contribution in [0.1, 0.15) is 64.4 Å². The maximum absolute atomic E-state index is 14.4. The summed E-state index contributed by atoms with van der Waals surface area (Å²) in [4.78, 5) is 11.8. The van der Waals surface area contributed by atoms with Crippen molar-refractivity contribution < 1.29 is 19.0 Å². The lowest BCUT2D eigenvalue weighted by Crippen LogP contribution is -2.38. The van der Waals surface area contributed by atoms with E-state index >= 15 is 0 Å². The lowest BCUT2D eigenvalue weighted by molar-refractivity contribution is -0.160. The van der Waals surface area contributed by atoms with E-state index in [0.29, 0.717) is 12.8 Å². The summed E-state index contributed by atoms with van der Waals surface area (Å²) in [5.74, 6) is 1.61. The molecule has 31 heavy (non-hydrogen) atoms. The number of carbonyl (C=O) groups excluding carboxylic acids is 1. The number of thioether (sulfide) groups is 2. The van der Waals surface area contributed by atoms with E-state index in [1.807, 2.05) is 29.6 Å². The van der Waals surface area contributed by atoms with E-state index in [4.69, 9.17) is 16.3 Å². The van der Waals surface area contributed by atoms with Gasteiger partial charge in [0.1, 0.15) is 11.9 Å². The van der Waals surface area contributed by atoms with Crippen LogP contribution in [0.2, 0.25) is 5.02 Å². The molecule has 3 nitrogen and oxygen atoms in total. The van der Waals surface area contributed by atoms with Crippen molar-refractivity contribution in [1.29, 1.82) is 0 Å². The summed E-state index contributed by atoms with van der Waals surface area (Å²) in [5.41, 5.74) is 3.36. The topological polar surface area (TPSA) is 46.5 Å². The molecule has 1 spiro atoms. The number of esters is 1. The normalized spacial score (nSPS) is 28.0. The van der Waals surface area contributed by atoms with Crippen LogP contribution in [0.15, 0.2) is 23.8 Å². The first-order valence-electron chi connectivity index (χ1n) is 11.0. The summed E-state index contributed by atoms with van der Waals surface area (Å²) < 4.78 is 20.0. The van der Waals surface area contributed by atoms with Crippen LogP contribution in [0, 0.1) is 11.2 Å². The maximum atomic E-state index is 14.4. The third kappa shape index (κ3) is 5.29. The molecule has 2 aliphatic heterocycles. The van der Waals surface area contributed by atoms with Crippen molar-refractivity contribution in [3.8, 4) is 0 Å². The van der Waals surface area contributed by atoms with Gasteiger partial charge in [-0.1, -0.05) is 37.1 Å².